The molecule has 1 N–H and O–H groups in total. The lowest BCUT2D eigenvalue weighted by atomic mass is 9.99. The number of halogens is 1. The Morgan fingerprint density at radius 2 is 1.77 bits per heavy atom. The van der Waals surface area contributed by atoms with Gasteiger partial charge in [-0.2, -0.15) is 5.10 Å². The van der Waals surface area contributed by atoms with Crippen molar-refractivity contribution in [1.82, 2.24) is 20.0 Å². The lowest BCUT2D eigenvalue weighted by molar-refractivity contribution is -0.132. The molecule has 0 saturated heterocycles. The summed E-state index contributed by atoms with van der Waals surface area (Å²) in [7, 11) is 0. The number of aromatic nitrogens is 2. The summed E-state index contributed by atoms with van der Waals surface area (Å²) < 4.78 is 1.56. The topological polar surface area (TPSA) is 67.2 Å². The highest BCUT2D eigenvalue weighted by molar-refractivity contribution is 6.33. The van der Waals surface area contributed by atoms with Crippen molar-refractivity contribution < 1.29 is 9.59 Å². The van der Waals surface area contributed by atoms with Gasteiger partial charge in [-0.1, -0.05) is 54.1 Å². The Balaban J connectivity index is 1.29. The lowest BCUT2D eigenvalue weighted by Crippen LogP contribution is -2.36. The second-order valence-electron chi connectivity index (χ2n) is 7.69. The van der Waals surface area contributed by atoms with Gasteiger partial charge in [-0.05, 0) is 43.0 Å². The van der Waals surface area contributed by atoms with Gasteiger partial charge in [0.05, 0.1) is 16.9 Å². The molecule has 0 fully saturated rings. The van der Waals surface area contributed by atoms with Gasteiger partial charge in [-0.3, -0.25) is 9.59 Å². The number of para-hydroxylation sites is 1. The van der Waals surface area contributed by atoms with Crippen molar-refractivity contribution in [3.05, 3.63) is 82.1 Å². The number of fused-ring (bicyclic) bond motifs is 1. The molecule has 31 heavy (non-hydrogen) atoms. The van der Waals surface area contributed by atoms with Gasteiger partial charge in [0.2, 0.25) is 5.91 Å². The van der Waals surface area contributed by atoms with E-state index in [2.05, 4.69) is 22.5 Å². The number of hydrogen-bond acceptors (Lipinski definition) is 3. The van der Waals surface area contributed by atoms with Gasteiger partial charge in [0.1, 0.15) is 5.15 Å². The van der Waals surface area contributed by atoms with Crippen molar-refractivity contribution in [1.29, 1.82) is 0 Å². The van der Waals surface area contributed by atoms with Gasteiger partial charge in [-0.15, -0.1) is 0 Å². The van der Waals surface area contributed by atoms with E-state index in [1.54, 1.807) is 11.6 Å². The number of carbonyl (C=O) groups is 2. The molecule has 1 aliphatic rings. The predicted molar refractivity (Wildman–Crippen MR) is 120 cm³/mol. The minimum Gasteiger partial charge on any atom is -0.352 e. The summed E-state index contributed by atoms with van der Waals surface area (Å²) in [4.78, 5) is 27.1. The van der Waals surface area contributed by atoms with Gasteiger partial charge in [0, 0.05) is 26.1 Å². The maximum atomic E-state index is 12.7. The third kappa shape index (κ3) is 4.64. The Labute approximate surface area is 186 Å². The minimum absolute atomic E-state index is 0.120. The maximum absolute atomic E-state index is 12.7. The number of benzene rings is 2. The first-order chi connectivity index (χ1) is 15.0. The van der Waals surface area contributed by atoms with Crippen molar-refractivity contribution in [3.8, 4) is 5.69 Å². The largest absolute Gasteiger partial charge is 0.352 e. The van der Waals surface area contributed by atoms with Gasteiger partial charge in [0.25, 0.3) is 5.91 Å². The van der Waals surface area contributed by atoms with Crippen LogP contribution < -0.4 is 5.32 Å². The Morgan fingerprint density at radius 3 is 2.55 bits per heavy atom. The second-order valence-corrected chi connectivity index (χ2v) is 8.05. The first kappa shape index (κ1) is 21.1. The van der Waals surface area contributed by atoms with Gasteiger partial charge < -0.3 is 10.2 Å². The molecule has 0 saturated carbocycles. The molecule has 2 aromatic carbocycles. The van der Waals surface area contributed by atoms with E-state index in [1.807, 2.05) is 47.4 Å². The van der Waals surface area contributed by atoms with E-state index < -0.39 is 0 Å². The number of hydrogen-bond donors (Lipinski definition) is 1. The Kier molecular flexibility index (Phi) is 6.37. The van der Waals surface area contributed by atoms with E-state index in [4.69, 9.17) is 11.6 Å². The molecule has 6 nitrogen and oxygen atoms in total. The highest BCUT2D eigenvalue weighted by atomic mass is 35.5. The summed E-state index contributed by atoms with van der Waals surface area (Å²) in [6.45, 7) is 3.57. The summed E-state index contributed by atoms with van der Waals surface area (Å²) in [5.41, 5.74) is 4.26. The average molecular weight is 437 g/mol. The second kappa shape index (κ2) is 9.35. The number of nitrogens with zero attached hydrogens (tertiary/aromatic N) is 3. The Morgan fingerprint density at radius 1 is 1.06 bits per heavy atom. The molecule has 1 aromatic heterocycles. The first-order valence-electron chi connectivity index (χ1n) is 10.5. The van der Waals surface area contributed by atoms with E-state index >= 15 is 0 Å². The molecule has 0 atom stereocenters. The molecule has 0 bridgehead atoms. The molecule has 3 aromatic rings. The molecule has 0 aliphatic carbocycles. The summed E-state index contributed by atoms with van der Waals surface area (Å²) >= 11 is 6.44. The van der Waals surface area contributed by atoms with Crippen molar-refractivity contribution >= 4 is 23.4 Å². The minimum atomic E-state index is -0.274. The molecule has 2 amide bonds. The van der Waals surface area contributed by atoms with E-state index in [0.717, 1.165) is 18.7 Å². The molecule has 7 heteroatoms. The summed E-state index contributed by atoms with van der Waals surface area (Å²) in [6.07, 6.45) is 1.87. The first-order valence-corrected chi connectivity index (χ1v) is 10.9. The zero-order valence-corrected chi connectivity index (χ0v) is 18.2. The van der Waals surface area contributed by atoms with Crippen LogP contribution in [0.25, 0.3) is 5.69 Å². The maximum Gasteiger partial charge on any atom is 0.256 e. The summed E-state index contributed by atoms with van der Waals surface area (Å²) in [5.74, 6) is -0.154. The lowest BCUT2D eigenvalue weighted by Gasteiger charge is -2.29. The number of nitrogens with one attached hydrogen (secondary N) is 1. The van der Waals surface area contributed by atoms with Crippen LogP contribution in [0.15, 0.2) is 54.6 Å². The number of amides is 2. The zero-order chi connectivity index (χ0) is 21.8. The normalized spacial score (nSPS) is 13.0. The van der Waals surface area contributed by atoms with E-state index in [9.17, 15) is 9.59 Å². The molecular weight excluding hydrogens is 412 g/mol. The molecular formula is C24H25ClN4O2. The molecule has 2 heterocycles. The Bertz CT molecular complexity index is 1090. The third-order valence-electron chi connectivity index (χ3n) is 5.57. The smallest absolute Gasteiger partial charge is 0.256 e. The highest BCUT2D eigenvalue weighted by Gasteiger charge is 2.22. The fourth-order valence-electron chi connectivity index (χ4n) is 3.89. The summed E-state index contributed by atoms with van der Waals surface area (Å²) in [6, 6.07) is 17.7. The monoisotopic (exact) mass is 436 g/mol. The number of rotatable bonds is 6. The molecule has 0 radical (unpaired) electrons. The van der Waals surface area contributed by atoms with Crippen LogP contribution in [0, 0.1) is 6.92 Å². The van der Waals surface area contributed by atoms with E-state index in [0.29, 0.717) is 37.2 Å². The molecule has 160 valence electrons. The van der Waals surface area contributed by atoms with Crippen LogP contribution in [-0.2, 0) is 17.8 Å². The van der Waals surface area contributed by atoms with Crippen LogP contribution in [0.2, 0.25) is 5.15 Å². The van der Waals surface area contributed by atoms with Crippen LogP contribution >= 0.6 is 11.6 Å². The molecule has 1 aliphatic heterocycles. The van der Waals surface area contributed by atoms with Crippen LogP contribution in [0.5, 0.6) is 0 Å². The van der Waals surface area contributed by atoms with Crippen molar-refractivity contribution in [2.24, 2.45) is 0 Å². The van der Waals surface area contributed by atoms with Gasteiger partial charge >= 0.3 is 0 Å². The predicted octanol–water partition coefficient (Wildman–Crippen LogP) is 3.93. The molecule has 4 rings (SSSR count). The Hall–Kier alpha value is -3.12. The fraction of sp³-hybridized carbons (Fsp3) is 0.292. The number of aryl methyl sites for hydroxylation is 1. The number of carbonyl (C=O) groups excluding carboxylic acids is 2. The zero-order valence-electron chi connectivity index (χ0n) is 17.5. The molecule has 0 spiro atoms. The van der Waals surface area contributed by atoms with Gasteiger partial charge in [-0.25, -0.2) is 4.68 Å². The van der Waals surface area contributed by atoms with Crippen LogP contribution in [0.3, 0.4) is 0 Å². The quantitative estimate of drug-likeness (QED) is 0.595. The van der Waals surface area contributed by atoms with Crippen molar-refractivity contribution in [3.63, 3.8) is 0 Å². The van der Waals surface area contributed by atoms with Gasteiger partial charge in [0.15, 0.2) is 0 Å². The van der Waals surface area contributed by atoms with Crippen LogP contribution in [-0.4, -0.2) is 39.6 Å². The fourth-order valence-corrected chi connectivity index (χ4v) is 4.25. The van der Waals surface area contributed by atoms with E-state index in [1.165, 1.54) is 11.1 Å². The van der Waals surface area contributed by atoms with Crippen molar-refractivity contribution in [2.75, 3.05) is 13.1 Å². The molecule has 0 unspecified atom stereocenters. The summed E-state index contributed by atoms with van der Waals surface area (Å²) in [5, 5.41) is 7.55. The highest BCUT2D eigenvalue weighted by Crippen LogP contribution is 2.23. The third-order valence-corrected chi connectivity index (χ3v) is 5.92. The van der Waals surface area contributed by atoms with Crippen LogP contribution in [0.1, 0.15) is 40.0 Å². The average Bonchev–Trinajstić information content (AvgIpc) is 3.10. The van der Waals surface area contributed by atoms with Crippen LogP contribution in [0.4, 0.5) is 0 Å². The standard InChI is InChI=1S/C24H25ClN4O2/c1-17-22(23(25)29(27-17)20-10-3-2-4-11-20)24(31)26-14-7-12-21(30)28-15-13-18-8-5-6-9-19(18)16-28/h2-6,8-11H,7,12-16H2,1H3,(H,26,31). The SMILES string of the molecule is Cc1nn(-c2ccccc2)c(Cl)c1C(=O)NCCCC(=O)N1CCc2ccccc2C1. The van der Waals surface area contributed by atoms with E-state index in [-0.39, 0.29) is 17.0 Å². The van der Waals surface area contributed by atoms with Crippen molar-refractivity contribution in [2.45, 2.75) is 32.7 Å².